The average Bonchev–Trinajstić information content (AvgIpc) is 2.80. The molecule has 0 aromatic carbocycles. The Hall–Kier alpha value is -1.96. The molecule has 0 bridgehead atoms. The highest BCUT2D eigenvalue weighted by molar-refractivity contribution is 7.98. The maximum absolute atomic E-state index is 11.4. The smallest absolute Gasteiger partial charge is 0.340 e. The second kappa shape index (κ2) is 6.21. The van der Waals surface area contributed by atoms with Crippen LogP contribution in [0.2, 0.25) is 0 Å². The van der Waals surface area contributed by atoms with Gasteiger partial charge in [0.25, 0.3) is 0 Å². The number of hydrogen-bond acceptors (Lipinski definition) is 7. The Kier molecular flexibility index (Phi) is 4.56. The third-order valence-electron chi connectivity index (χ3n) is 2.90. The van der Waals surface area contributed by atoms with Crippen LogP contribution >= 0.6 is 11.8 Å². The van der Waals surface area contributed by atoms with Crippen molar-refractivity contribution in [2.75, 3.05) is 0 Å². The molecule has 1 N–H and O–H groups in total. The summed E-state index contributed by atoms with van der Waals surface area (Å²) in [6, 6.07) is 0. The van der Waals surface area contributed by atoms with E-state index >= 15 is 0 Å². The van der Waals surface area contributed by atoms with Crippen LogP contribution in [-0.4, -0.2) is 31.4 Å². The third-order valence-corrected chi connectivity index (χ3v) is 3.88. The van der Waals surface area contributed by atoms with Crippen LogP contribution in [0.5, 0.6) is 0 Å². The summed E-state index contributed by atoms with van der Waals surface area (Å²) in [5.74, 6) is 0.181. The molecule has 0 saturated heterocycles. The molecule has 0 fully saturated rings. The summed E-state index contributed by atoms with van der Waals surface area (Å²) in [5, 5.41) is 17.3. The van der Waals surface area contributed by atoms with E-state index in [1.54, 1.807) is 13.8 Å². The van der Waals surface area contributed by atoms with Crippen LogP contribution in [0, 0.1) is 13.8 Å². The van der Waals surface area contributed by atoms with Gasteiger partial charge < -0.3 is 5.11 Å². The monoisotopic (exact) mass is 308 g/mol. The van der Waals surface area contributed by atoms with Gasteiger partial charge in [-0.2, -0.15) is 0 Å². The van der Waals surface area contributed by atoms with Gasteiger partial charge in [0.05, 0.1) is 5.69 Å². The van der Waals surface area contributed by atoms with E-state index in [0.717, 1.165) is 0 Å². The number of thioether (sulfide) groups is 1. The van der Waals surface area contributed by atoms with Gasteiger partial charge in [0.2, 0.25) is 0 Å². The van der Waals surface area contributed by atoms with Crippen molar-refractivity contribution < 1.29 is 14.5 Å². The standard InChI is InChI=1S/C13H16N4O3S/c1-6(2)11-14-8(4)10(13(18)19)12(15-11)21-5-9-7(3)16-20-17-9/h6H,5H2,1-4H3,(H,18,19). The molecule has 0 atom stereocenters. The van der Waals surface area contributed by atoms with E-state index in [9.17, 15) is 9.90 Å². The molecule has 0 radical (unpaired) electrons. The Balaban J connectivity index is 2.35. The van der Waals surface area contributed by atoms with E-state index in [0.29, 0.717) is 33.7 Å². The van der Waals surface area contributed by atoms with Gasteiger partial charge >= 0.3 is 5.97 Å². The Bertz CT molecular complexity index is 669. The molecule has 0 spiro atoms. The van der Waals surface area contributed by atoms with Gasteiger partial charge in [-0.3, -0.25) is 0 Å². The minimum Gasteiger partial charge on any atom is -0.478 e. The number of carbonyl (C=O) groups is 1. The number of carboxylic acid groups (broad SMARTS) is 1. The van der Waals surface area contributed by atoms with Crippen LogP contribution < -0.4 is 0 Å². The SMILES string of the molecule is Cc1nonc1CSc1nc(C(C)C)nc(C)c1C(=O)O. The van der Waals surface area contributed by atoms with Crippen LogP contribution in [0.15, 0.2) is 9.65 Å². The van der Waals surface area contributed by atoms with E-state index in [2.05, 4.69) is 24.9 Å². The minimum atomic E-state index is -1.03. The lowest BCUT2D eigenvalue weighted by Gasteiger charge is -2.11. The first-order valence-electron chi connectivity index (χ1n) is 6.42. The molecular weight excluding hydrogens is 292 g/mol. The van der Waals surface area contributed by atoms with Crippen molar-refractivity contribution in [3.63, 3.8) is 0 Å². The zero-order valence-corrected chi connectivity index (χ0v) is 13.1. The average molecular weight is 308 g/mol. The number of rotatable bonds is 5. The Labute approximate surface area is 126 Å². The Morgan fingerprint density at radius 1 is 1.24 bits per heavy atom. The zero-order chi connectivity index (χ0) is 15.6. The first-order chi connectivity index (χ1) is 9.90. The molecule has 2 heterocycles. The topological polar surface area (TPSA) is 102 Å². The van der Waals surface area contributed by atoms with Crippen molar-refractivity contribution in [1.29, 1.82) is 0 Å². The van der Waals surface area contributed by atoms with E-state index in [1.807, 2.05) is 13.8 Å². The fourth-order valence-corrected chi connectivity index (χ4v) is 2.77. The first-order valence-corrected chi connectivity index (χ1v) is 7.41. The normalized spacial score (nSPS) is 11.1. The van der Waals surface area contributed by atoms with Crippen LogP contribution in [0.1, 0.15) is 53.0 Å². The maximum Gasteiger partial charge on any atom is 0.340 e. The molecule has 0 aliphatic carbocycles. The lowest BCUT2D eigenvalue weighted by molar-refractivity contribution is 0.0690. The highest BCUT2D eigenvalue weighted by atomic mass is 32.2. The van der Waals surface area contributed by atoms with Crippen molar-refractivity contribution in [3.05, 3.63) is 28.5 Å². The van der Waals surface area contributed by atoms with Gasteiger partial charge in [0, 0.05) is 11.7 Å². The fourth-order valence-electron chi connectivity index (χ4n) is 1.69. The van der Waals surface area contributed by atoms with Gasteiger partial charge in [-0.1, -0.05) is 35.9 Å². The molecule has 2 rings (SSSR count). The van der Waals surface area contributed by atoms with Crippen LogP contribution in [0.25, 0.3) is 0 Å². The quantitative estimate of drug-likeness (QED) is 0.664. The zero-order valence-electron chi connectivity index (χ0n) is 12.2. The summed E-state index contributed by atoms with van der Waals surface area (Å²) in [4.78, 5) is 20.1. The number of aromatic carboxylic acids is 1. The second-order valence-electron chi connectivity index (χ2n) is 4.89. The summed E-state index contributed by atoms with van der Waals surface area (Å²) in [6.45, 7) is 7.41. The van der Waals surface area contributed by atoms with Crippen molar-refractivity contribution in [1.82, 2.24) is 20.3 Å². The van der Waals surface area contributed by atoms with Crippen LogP contribution in [0.3, 0.4) is 0 Å². The molecule has 21 heavy (non-hydrogen) atoms. The van der Waals surface area contributed by atoms with E-state index in [4.69, 9.17) is 0 Å². The summed E-state index contributed by atoms with van der Waals surface area (Å²) in [6.07, 6.45) is 0. The van der Waals surface area contributed by atoms with Gasteiger partial charge in [-0.25, -0.2) is 19.4 Å². The van der Waals surface area contributed by atoms with Gasteiger partial charge in [-0.15, -0.1) is 0 Å². The lowest BCUT2D eigenvalue weighted by atomic mass is 10.2. The number of aryl methyl sites for hydroxylation is 2. The van der Waals surface area contributed by atoms with E-state index < -0.39 is 5.97 Å². The van der Waals surface area contributed by atoms with Crippen LogP contribution in [-0.2, 0) is 5.75 Å². The summed E-state index contributed by atoms with van der Waals surface area (Å²) in [5.41, 5.74) is 1.98. The fraction of sp³-hybridized carbons (Fsp3) is 0.462. The summed E-state index contributed by atoms with van der Waals surface area (Å²) < 4.78 is 4.63. The number of hydrogen-bond donors (Lipinski definition) is 1. The van der Waals surface area contributed by atoms with Crippen molar-refractivity contribution in [2.45, 2.75) is 44.4 Å². The van der Waals surface area contributed by atoms with E-state index in [-0.39, 0.29) is 11.5 Å². The molecule has 2 aromatic heterocycles. The number of carboxylic acids is 1. The van der Waals surface area contributed by atoms with E-state index in [1.165, 1.54) is 11.8 Å². The van der Waals surface area contributed by atoms with Crippen molar-refractivity contribution >= 4 is 17.7 Å². The molecular formula is C13H16N4O3S. The van der Waals surface area contributed by atoms with Gasteiger partial charge in [0.15, 0.2) is 0 Å². The van der Waals surface area contributed by atoms with Gasteiger partial charge in [-0.05, 0) is 13.8 Å². The first kappa shape index (κ1) is 15.4. The molecule has 0 saturated carbocycles. The Morgan fingerprint density at radius 2 is 1.95 bits per heavy atom. The molecule has 0 aliphatic heterocycles. The second-order valence-corrected chi connectivity index (χ2v) is 5.86. The summed E-state index contributed by atoms with van der Waals surface area (Å²) in [7, 11) is 0. The highest BCUT2D eigenvalue weighted by Gasteiger charge is 2.20. The summed E-state index contributed by atoms with van der Waals surface area (Å²) >= 11 is 1.30. The Morgan fingerprint density at radius 3 is 2.48 bits per heavy atom. The van der Waals surface area contributed by atoms with Crippen molar-refractivity contribution in [2.24, 2.45) is 0 Å². The van der Waals surface area contributed by atoms with Crippen LogP contribution in [0.4, 0.5) is 0 Å². The molecule has 0 amide bonds. The number of aromatic nitrogens is 4. The third kappa shape index (κ3) is 3.38. The largest absolute Gasteiger partial charge is 0.478 e. The predicted octanol–water partition coefficient (Wildman–Crippen LogP) is 2.59. The predicted molar refractivity (Wildman–Crippen MR) is 76.4 cm³/mol. The molecule has 7 nitrogen and oxygen atoms in total. The highest BCUT2D eigenvalue weighted by Crippen LogP contribution is 2.27. The van der Waals surface area contributed by atoms with Crippen molar-refractivity contribution in [3.8, 4) is 0 Å². The minimum absolute atomic E-state index is 0.126. The lowest BCUT2D eigenvalue weighted by Crippen LogP contribution is -2.10. The molecule has 0 aliphatic rings. The molecule has 2 aromatic rings. The molecule has 0 unspecified atom stereocenters. The maximum atomic E-state index is 11.4. The molecule has 8 heteroatoms. The number of nitrogens with zero attached hydrogens (tertiary/aromatic N) is 4. The molecule has 112 valence electrons. The van der Waals surface area contributed by atoms with Gasteiger partial charge in [0.1, 0.15) is 27.8 Å².